The number of carbonyl (C=O) groups excluding carboxylic acids is 2. The lowest BCUT2D eigenvalue weighted by Crippen LogP contribution is -2.26. The fraction of sp³-hybridized carbons (Fsp3) is 0.107. The van der Waals surface area contributed by atoms with Gasteiger partial charge in [-0.2, -0.15) is 9.78 Å². The number of hydrogen-bond donors (Lipinski definition) is 2. The number of fused-ring (bicyclic) bond motifs is 2. The second-order valence-electron chi connectivity index (χ2n) is 8.31. The number of nitrogens with zero attached hydrogens (tertiary/aromatic N) is 4. The molecule has 9 heteroatoms. The van der Waals surface area contributed by atoms with Gasteiger partial charge in [0.25, 0.3) is 5.91 Å². The average molecular weight is 493 g/mol. The number of rotatable bonds is 7. The molecule has 184 valence electrons. The standard InChI is InChI=1S/C28H24N6O3/c1-37-28(36)20-13-11-19(12-14-20)17-31-34-25(29)23(27(35)30-16-15-18-7-3-2-4-8-18)24-26(34)33-22-10-6-5-9-21(22)32-24/h2-14,17H,15-16,29H2,1H3,(H,30,35)/b31-17-. The van der Waals surface area contributed by atoms with Crippen LogP contribution in [0.25, 0.3) is 22.2 Å². The number of ether oxygens (including phenoxy) is 1. The van der Waals surface area contributed by atoms with Gasteiger partial charge in [0.1, 0.15) is 16.9 Å². The predicted molar refractivity (Wildman–Crippen MR) is 143 cm³/mol. The highest BCUT2D eigenvalue weighted by molar-refractivity contribution is 6.10. The van der Waals surface area contributed by atoms with Gasteiger partial charge >= 0.3 is 5.97 Å². The van der Waals surface area contributed by atoms with E-state index in [-0.39, 0.29) is 17.3 Å². The van der Waals surface area contributed by atoms with E-state index in [2.05, 4.69) is 10.4 Å². The topological polar surface area (TPSA) is 124 Å². The molecule has 5 aromatic rings. The van der Waals surface area contributed by atoms with E-state index in [1.54, 1.807) is 30.5 Å². The molecular formula is C28H24N6O3. The van der Waals surface area contributed by atoms with Crippen molar-refractivity contribution in [2.24, 2.45) is 5.10 Å². The van der Waals surface area contributed by atoms with Crippen molar-refractivity contribution < 1.29 is 14.3 Å². The maximum atomic E-state index is 13.3. The Morgan fingerprint density at radius 3 is 2.35 bits per heavy atom. The summed E-state index contributed by atoms with van der Waals surface area (Å²) in [7, 11) is 1.33. The number of nitrogen functional groups attached to an aromatic ring is 1. The first-order valence-electron chi connectivity index (χ1n) is 11.7. The third-order valence-corrected chi connectivity index (χ3v) is 5.90. The lowest BCUT2D eigenvalue weighted by Gasteiger charge is -2.06. The molecule has 2 heterocycles. The van der Waals surface area contributed by atoms with Gasteiger partial charge in [0.2, 0.25) is 0 Å². The van der Waals surface area contributed by atoms with Crippen LogP contribution in [0.5, 0.6) is 0 Å². The van der Waals surface area contributed by atoms with Crippen molar-refractivity contribution in [1.29, 1.82) is 0 Å². The van der Waals surface area contributed by atoms with Crippen molar-refractivity contribution >= 4 is 46.1 Å². The van der Waals surface area contributed by atoms with Crippen molar-refractivity contribution in [3.05, 3.63) is 101 Å². The summed E-state index contributed by atoms with van der Waals surface area (Å²) in [6, 6.07) is 24.0. The fourth-order valence-corrected chi connectivity index (χ4v) is 3.99. The molecule has 0 aliphatic rings. The van der Waals surface area contributed by atoms with Gasteiger partial charge in [-0.3, -0.25) is 4.79 Å². The molecule has 3 aromatic carbocycles. The van der Waals surface area contributed by atoms with Crippen LogP contribution in [0, 0.1) is 0 Å². The van der Waals surface area contributed by atoms with Gasteiger partial charge in [-0.05, 0) is 41.8 Å². The first-order chi connectivity index (χ1) is 18.0. The monoisotopic (exact) mass is 492 g/mol. The van der Waals surface area contributed by atoms with Gasteiger partial charge in [0.05, 0.1) is 29.9 Å². The summed E-state index contributed by atoms with van der Waals surface area (Å²) in [6.07, 6.45) is 2.25. The molecule has 0 bridgehead atoms. The Balaban J connectivity index is 1.50. The number of esters is 1. The Kier molecular flexibility index (Phi) is 6.58. The molecule has 2 aromatic heterocycles. The summed E-state index contributed by atoms with van der Waals surface area (Å²) >= 11 is 0. The van der Waals surface area contributed by atoms with Gasteiger partial charge in [-0.25, -0.2) is 14.8 Å². The van der Waals surface area contributed by atoms with Crippen LogP contribution < -0.4 is 11.1 Å². The molecule has 1 amide bonds. The third kappa shape index (κ3) is 4.87. The zero-order chi connectivity index (χ0) is 25.8. The lowest BCUT2D eigenvalue weighted by atomic mass is 10.1. The summed E-state index contributed by atoms with van der Waals surface area (Å²) in [5, 5.41) is 7.45. The number of aromatic nitrogens is 3. The Morgan fingerprint density at radius 1 is 0.973 bits per heavy atom. The van der Waals surface area contributed by atoms with E-state index in [9.17, 15) is 9.59 Å². The molecular weight excluding hydrogens is 468 g/mol. The SMILES string of the molecule is COC(=O)c1ccc(/C=N\n2c(N)c(C(=O)NCCc3ccccc3)c3nc4ccccc4nc32)cc1. The van der Waals surface area contributed by atoms with Crippen molar-refractivity contribution in [2.75, 3.05) is 19.4 Å². The number of para-hydroxylation sites is 2. The van der Waals surface area contributed by atoms with Crippen LogP contribution in [0.2, 0.25) is 0 Å². The Morgan fingerprint density at radius 2 is 1.65 bits per heavy atom. The fourth-order valence-electron chi connectivity index (χ4n) is 3.99. The van der Waals surface area contributed by atoms with Crippen LogP contribution >= 0.6 is 0 Å². The number of carbonyl (C=O) groups is 2. The van der Waals surface area contributed by atoms with Crippen molar-refractivity contribution in [2.45, 2.75) is 6.42 Å². The molecule has 0 aliphatic carbocycles. The number of methoxy groups -OCH3 is 1. The number of benzene rings is 3. The maximum Gasteiger partial charge on any atom is 0.337 e. The molecule has 0 saturated carbocycles. The van der Waals surface area contributed by atoms with Gasteiger partial charge < -0.3 is 15.8 Å². The number of nitrogens with one attached hydrogen (secondary N) is 1. The second kappa shape index (κ2) is 10.3. The van der Waals surface area contributed by atoms with Gasteiger partial charge in [-0.15, -0.1) is 0 Å². The van der Waals surface area contributed by atoms with E-state index in [4.69, 9.17) is 20.4 Å². The summed E-state index contributed by atoms with van der Waals surface area (Å²) in [6.45, 7) is 0.436. The summed E-state index contributed by atoms with van der Waals surface area (Å²) in [4.78, 5) is 34.3. The molecule has 0 atom stereocenters. The Hall–Kier alpha value is -5.05. The number of amides is 1. The summed E-state index contributed by atoms with van der Waals surface area (Å²) in [5.74, 6) is -0.640. The van der Waals surface area contributed by atoms with E-state index in [0.717, 1.165) is 11.1 Å². The molecule has 37 heavy (non-hydrogen) atoms. The first-order valence-corrected chi connectivity index (χ1v) is 11.7. The smallest absolute Gasteiger partial charge is 0.337 e. The van der Waals surface area contributed by atoms with Gasteiger partial charge in [-0.1, -0.05) is 54.6 Å². The summed E-state index contributed by atoms with van der Waals surface area (Å²) < 4.78 is 6.15. The molecule has 0 unspecified atom stereocenters. The molecule has 9 nitrogen and oxygen atoms in total. The van der Waals surface area contributed by atoms with Gasteiger partial charge in [0.15, 0.2) is 5.65 Å². The first kappa shape index (κ1) is 23.7. The average Bonchev–Trinajstić information content (AvgIpc) is 3.20. The summed E-state index contributed by atoms with van der Waals surface area (Å²) in [5.41, 5.74) is 11.0. The Bertz CT molecular complexity index is 1630. The second-order valence-corrected chi connectivity index (χ2v) is 8.31. The van der Waals surface area contributed by atoms with E-state index in [0.29, 0.717) is 40.7 Å². The number of anilines is 1. The maximum absolute atomic E-state index is 13.3. The minimum atomic E-state index is -0.422. The molecule has 0 spiro atoms. The van der Waals surface area contributed by atoms with Crippen LogP contribution in [0.15, 0.2) is 84.0 Å². The van der Waals surface area contributed by atoms with E-state index in [1.165, 1.54) is 11.8 Å². The molecule has 5 rings (SSSR count). The zero-order valence-electron chi connectivity index (χ0n) is 20.1. The lowest BCUT2D eigenvalue weighted by molar-refractivity contribution is 0.0600. The number of hydrogen-bond acceptors (Lipinski definition) is 7. The molecule has 0 fully saturated rings. The molecule has 0 radical (unpaired) electrons. The largest absolute Gasteiger partial charge is 0.465 e. The predicted octanol–water partition coefficient (Wildman–Crippen LogP) is 3.81. The normalized spacial score (nSPS) is 11.3. The van der Waals surface area contributed by atoms with Crippen LogP contribution in [0.1, 0.15) is 31.8 Å². The quantitative estimate of drug-likeness (QED) is 0.263. The van der Waals surface area contributed by atoms with E-state index in [1.807, 2.05) is 54.6 Å². The third-order valence-electron chi connectivity index (χ3n) is 5.90. The molecule has 0 saturated heterocycles. The minimum Gasteiger partial charge on any atom is -0.465 e. The highest BCUT2D eigenvalue weighted by atomic mass is 16.5. The van der Waals surface area contributed by atoms with Crippen LogP contribution in [0.4, 0.5) is 5.82 Å². The van der Waals surface area contributed by atoms with E-state index < -0.39 is 5.97 Å². The molecule has 3 N–H and O–H groups in total. The van der Waals surface area contributed by atoms with Crippen LogP contribution in [0.3, 0.4) is 0 Å². The van der Waals surface area contributed by atoms with Crippen molar-refractivity contribution in [3.8, 4) is 0 Å². The van der Waals surface area contributed by atoms with E-state index >= 15 is 0 Å². The zero-order valence-corrected chi connectivity index (χ0v) is 20.1. The van der Waals surface area contributed by atoms with Crippen molar-refractivity contribution in [1.82, 2.24) is 20.0 Å². The highest BCUT2D eigenvalue weighted by Crippen LogP contribution is 2.27. The minimum absolute atomic E-state index is 0.130. The van der Waals surface area contributed by atoms with Crippen LogP contribution in [-0.4, -0.2) is 46.4 Å². The Labute approximate surface area is 212 Å². The highest BCUT2D eigenvalue weighted by Gasteiger charge is 2.24. The number of nitrogens with two attached hydrogens (primary N) is 1. The van der Waals surface area contributed by atoms with Gasteiger partial charge in [0, 0.05) is 6.54 Å². The molecule has 0 aliphatic heterocycles. The van der Waals surface area contributed by atoms with Crippen molar-refractivity contribution in [3.63, 3.8) is 0 Å². The van der Waals surface area contributed by atoms with Crippen LogP contribution in [-0.2, 0) is 11.2 Å².